The van der Waals surface area contributed by atoms with E-state index in [2.05, 4.69) is 10.3 Å². The van der Waals surface area contributed by atoms with Crippen molar-refractivity contribution >= 4 is 27.9 Å². The van der Waals surface area contributed by atoms with E-state index in [4.69, 9.17) is 4.74 Å². The van der Waals surface area contributed by atoms with Gasteiger partial charge in [0.15, 0.2) is 16.5 Å². The molecule has 0 aliphatic carbocycles. The molecule has 0 unspecified atom stereocenters. The van der Waals surface area contributed by atoms with Crippen molar-refractivity contribution in [3.8, 4) is 17.0 Å². The summed E-state index contributed by atoms with van der Waals surface area (Å²) in [6.07, 6.45) is 4.02. The van der Waals surface area contributed by atoms with Gasteiger partial charge >= 0.3 is 0 Å². The first-order valence-corrected chi connectivity index (χ1v) is 9.15. The van der Waals surface area contributed by atoms with Crippen LogP contribution in [0.4, 0.5) is 10.1 Å². The Balaban J connectivity index is 1.42. The molecule has 0 aliphatic heterocycles. The number of rotatable bonds is 5. The third kappa shape index (κ3) is 3.68. The lowest BCUT2D eigenvalue weighted by Gasteiger charge is -2.07. The molecule has 136 valence electrons. The summed E-state index contributed by atoms with van der Waals surface area (Å²) in [5, 5.41) is 4.81. The van der Waals surface area contributed by atoms with Gasteiger partial charge in [-0.25, -0.2) is 9.37 Å². The van der Waals surface area contributed by atoms with Crippen LogP contribution < -0.4 is 10.1 Å². The number of benzene rings is 2. The first kappa shape index (κ1) is 17.2. The molecule has 0 radical (unpaired) electrons. The Labute approximate surface area is 159 Å². The molecule has 2 aromatic heterocycles. The maximum absolute atomic E-state index is 13.7. The van der Waals surface area contributed by atoms with Crippen molar-refractivity contribution in [3.63, 3.8) is 0 Å². The Hall–Kier alpha value is -3.19. The number of thiazole rings is 1. The van der Waals surface area contributed by atoms with E-state index < -0.39 is 5.82 Å². The molecule has 2 aromatic carbocycles. The van der Waals surface area contributed by atoms with Crippen LogP contribution in [0.15, 0.2) is 60.2 Å². The van der Waals surface area contributed by atoms with Gasteiger partial charge in [-0.2, -0.15) is 0 Å². The van der Waals surface area contributed by atoms with Crippen LogP contribution >= 0.6 is 11.3 Å². The summed E-state index contributed by atoms with van der Waals surface area (Å²) in [4.78, 5) is 17.7. The monoisotopic (exact) mass is 381 g/mol. The van der Waals surface area contributed by atoms with Gasteiger partial charge in [-0.15, -0.1) is 11.3 Å². The van der Waals surface area contributed by atoms with E-state index in [9.17, 15) is 9.18 Å². The molecule has 1 amide bonds. The Morgan fingerprint density at radius 3 is 2.78 bits per heavy atom. The fourth-order valence-electron chi connectivity index (χ4n) is 2.80. The second-order valence-corrected chi connectivity index (χ2v) is 6.86. The number of methoxy groups -OCH3 is 1. The average Bonchev–Trinajstić information content (AvgIpc) is 3.24. The van der Waals surface area contributed by atoms with Crippen molar-refractivity contribution in [2.45, 2.75) is 6.42 Å². The zero-order valence-corrected chi connectivity index (χ0v) is 15.3. The molecular weight excluding hydrogens is 365 g/mol. The highest BCUT2D eigenvalue weighted by molar-refractivity contribution is 7.15. The van der Waals surface area contributed by atoms with Crippen LogP contribution in [-0.2, 0) is 11.2 Å². The highest BCUT2D eigenvalue weighted by atomic mass is 32.1. The third-order valence-electron chi connectivity index (χ3n) is 4.14. The predicted molar refractivity (Wildman–Crippen MR) is 104 cm³/mol. The Kier molecular flexibility index (Phi) is 4.60. The van der Waals surface area contributed by atoms with Crippen LogP contribution in [0.2, 0.25) is 0 Å². The smallest absolute Gasteiger partial charge is 0.228 e. The van der Waals surface area contributed by atoms with Crippen molar-refractivity contribution in [1.29, 1.82) is 0 Å². The number of hydrogen-bond acceptors (Lipinski definition) is 4. The summed E-state index contributed by atoms with van der Waals surface area (Å²) >= 11 is 1.58. The fourth-order valence-corrected chi connectivity index (χ4v) is 3.50. The molecule has 0 spiro atoms. The predicted octanol–water partition coefficient (Wildman–Crippen LogP) is 4.39. The standard InChI is InChI=1S/C20H16FN3O2S/c1-26-18-7-2-13(10-16(18)21)11-19(25)22-15-5-3-14(4-6-15)17-12-24-8-9-27-20(24)23-17/h2-10,12H,11H2,1H3,(H,22,25). The molecule has 4 aromatic rings. The number of anilines is 1. The summed E-state index contributed by atoms with van der Waals surface area (Å²) in [6.45, 7) is 0. The van der Waals surface area contributed by atoms with Gasteiger partial charge in [0.1, 0.15) is 0 Å². The Morgan fingerprint density at radius 1 is 1.26 bits per heavy atom. The van der Waals surface area contributed by atoms with E-state index in [-0.39, 0.29) is 18.1 Å². The summed E-state index contributed by atoms with van der Waals surface area (Å²) in [5.74, 6) is -0.532. The zero-order chi connectivity index (χ0) is 18.8. The number of nitrogens with zero attached hydrogens (tertiary/aromatic N) is 2. The van der Waals surface area contributed by atoms with E-state index in [1.807, 2.05) is 46.4 Å². The number of aromatic nitrogens is 2. The van der Waals surface area contributed by atoms with Gasteiger partial charge in [-0.1, -0.05) is 18.2 Å². The molecule has 0 bridgehead atoms. The summed E-state index contributed by atoms with van der Waals surface area (Å²) in [7, 11) is 1.40. The molecule has 5 nitrogen and oxygen atoms in total. The minimum atomic E-state index is -0.480. The molecule has 0 aliphatic rings. The third-order valence-corrected chi connectivity index (χ3v) is 4.91. The molecule has 1 N–H and O–H groups in total. The van der Waals surface area contributed by atoms with Crippen molar-refractivity contribution in [3.05, 3.63) is 71.6 Å². The molecule has 0 fully saturated rings. The first-order valence-electron chi connectivity index (χ1n) is 8.27. The Morgan fingerprint density at radius 2 is 2.07 bits per heavy atom. The van der Waals surface area contributed by atoms with Gasteiger partial charge in [0.05, 0.1) is 19.2 Å². The minimum Gasteiger partial charge on any atom is -0.494 e. The second kappa shape index (κ2) is 7.20. The second-order valence-electron chi connectivity index (χ2n) is 5.99. The molecule has 0 saturated heterocycles. The van der Waals surface area contributed by atoms with Crippen molar-refractivity contribution < 1.29 is 13.9 Å². The summed E-state index contributed by atoms with van der Waals surface area (Å²) in [6, 6.07) is 12.0. The lowest BCUT2D eigenvalue weighted by molar-refractivity contribution is -0.115. The zero-order valence-electron chi connectivity index (χ0n) is 14.5. The number of imidazole rings is 1. The van der Waals surface area contributed by atoms with Gasteiger partial charge in [0, 0.05) is 29.0 Å². The molecule has 7 heteroatoms. The number of amides is 1. The lowest BCUT2D eigenvalue weighted by atomic mass is 10.1. The average molecular weight is 381 g/mol. The SMILES string of the molecule is COc1ccc(CC(=O)Nc2ccc(-c3cn4ccsc4n3)cc2)cc1F. The van der Waals surface area contributed by atoms with E-state index in [0.717, 1.165) is 16.2 Å². The minimum absolute atomic E-state index is 0.0833. The van der Waals surface area contributed by atoms with Crippen LogP contribution in [0.5, 0.6) is 5.75 Å². The number of fused-ring (bicyclic) bond motifs is 1. The van der Waals surface area contributed by atoms with E-state index in [1.165, 1.54) is 19.2 Å². The van der Waals surface area contributed by atoms with Crippen molar-refractivity contribution in [2.24, 2.45) is 0 Å². The number of ether oxygens (including phenoxy) is 1. The summed E-state index contributed by atoms with van der Waals surface area (Å²) in [5.41, 5.74) is 3.12. The van der Waals surface area contributed by atoms with Crippen LogP contribution in [0, 0.1) is 5.82 Å². The van der Waals surface area contributed by atoms with Crippen LogP contribution in [0.3, 0.4) is 0 Å². The van der Waals surface area contributed by atoms with Crippen LogP contribution in [-0.4, -0.2) is 22.4 Å². The number of halogens is 1. The van der Waals surface area contributed by atoms with Gasteiger partial charge in [-0.05, 0) is 29.8 Å². The molecule has 0 atom stereocenters. The van der Waals surface area contributed by atoms with Crippen molar-refractivity contribution in [2.75, 3.05) is 12.4 Å². The van der Waals surface area contributed by atoms with Gasteiger partial charge < -0.3 is 10.1 Å². The molecular formula is C20H16FN3O2S. The number of nitrogens with one attached hydrogen (secondary N) is 1. The highest BCUT2D eigenvalue weighted by Gasteiger charge is 2.09. The molecule has 27 heavy (non-hydrogen) atoms. The van der Waals surface area contributed by atoms with Crippen LogP contribution in [0.25, 0.3) is 16.2 Å². The van der Waals surface area contributed by atoms with Gasteiger partial charge in [0.25, 0.3) is 0 Å². The van der Waals surface area contributed by atoms with Crippen molar-refractivity contribution in [1.82, 2.24) is 9.38 Å². The first-order chi connectivity index (χ1) is 13.1. The normalized spacial score (nSPS) is 10.9. The largest absolute Gasteiger partial charge is 0.494 e. The van der Waals surface area contributed by atoms with E-state index >= 15 is 0 Å². The number of hydrogen-bond donors (Lipinski definition) is 1. The summed E-state index contributed by atoms with van der Waals surface area (Å²) < 4.78 is 20.6. The maximum Gasteiger partial charge on any atom is 0.228 e. The van der Waals surface area contributed by atoms with Gasteiger partial charge in [-0.3, -0.25) is 9.20 Å². The highest BCUT2D eigenvalue weighted by Crippen LogP contribution is 2.23. The fraction of sp³-hybridized carbons (Fsp3) is 0.100. The quantitative estimate of drug-likeness (QED) is 0.558. The molecule has 4 rings (SSSR count). The number of carbonyl (C=O) groups is 1. The van der Waals surface area contributed by atoms with Crippen LogP contribution in [0.1, 0.15) is 5.56 Å². The van der Waals surface area contributed by atoms with Gasteiger partial charge in [0.2, 0.25) is 5.91 Å². The van der Waals surface area contributed by atoms with E-state index in [1.54, 1.807) is 17.4 Å². The molecule has 2 heterocycles. The van der Waals surface area contributed by atoms with E-state index in [0.29, 0.717) is 11.3 Å². The maximum atomic E-state index is 13.7. The molecule has 0 saturated carbocycles. The lowest BCUT2D eigenvalue weighted by Crippen LogP contribution is -2.14. The Bertz CT molecular complexity index is 1070. The topological polar surface area (TPSA) is 55.6 Å². The number of carbonyl (C=O) groups excluding carboxylic acids is 1.